The lowest BCUT2D eigenvalue weighted by molar-refractivity contribution is 0.336. The average molecular weight is 239 g/mol. The van der Waals surface area contributed by atoms with E-state index < -0.39 is 0 Å². The number of hydrogen-bond acceptors (Lipinski definition) is 2. The van der Waals surface area contributed by atoms with Gasteiger partial charge in [-0.2, -0.15) is 0 Å². The van der Waals surface area contributed by atoms with Gasteiger partial charge in [0.2, 0.25) is 0 Å². The van der Waals surface area contributed by atoms with Crippen molar-refractivity contribution in [2.24, 2.45) is 5.92 Å². The van der Waals surface area contributed by atoms with Gasteiger partial charge >= 0.3 is 0 Å². The van der Waals surface area contributed by atoms with Gasteiger partial charge in [-0.05, 0) is 30.9 Å². The first-order valence-electron chi connectivity index (χ1n) is 6.01. The lowest BCUT2D eigenvalue weighted by Gasteiger charge is -2.35. The molecule has 16 heavy (non-hydrogen) atoms. The molecule has 88 valence electrons. The third-order valence-corrected chi connectivity index (χ3v) is 3.78. The van der Waals surface area contributed by atoms with Crippen LogP contribution >= 0.6 is 11.6 Å². The van der Waals surface area contributed by atoms with Gasteiger partial charge in [-0.3, -0.25) is 0 Å². The van der Waals surface area contributed by atoms with Crippen molar-refractivity contribution in [2.45, 2.75) is 38.6 Å². The smallest absolute Gasteiger partial charge is 0.131 e. The number of halogens is 1. The maximum absolute atomic E-state index is 5.92. The predicted octanol–water partition coefficient (Wildman–Crippen LogP) is 3.75. The Kier molecular flexibility index (Phi) is 3.70. The van der Waals surface area contributed by atoms with Crippen molar-refractivity contribution in [3.8, 4) is 0 Å². The predicted molar refractivity (Wildman–Crippen MR) is 69.1 cm³/mol. The highest BCUT2D eigenvalue weighted by atomic mass is 35.5. The fourth-order valence-electron chi connectivity index (χ4n) is 2.58. The summed E-state index contributed by atoms with van der Waals surface area (Å²) in [5, 5.41) is 0.577. The first-order valence-corrected chi connectivity index (χ1v) is 6.39. The van der Waals surface area contributed by atoms with E-state index in [2.05, 4.69) is 23.9 Å². The van der Waals surface area contributed by atoms with Crippen LogP contribution in [0.3, 0.4) is 0 Å². The van der Waals surface area contributed by atoms with Crippen molar-refractivity contribution in [2.75, 3.05) is 11.9 Å². The second-order valence-electron chi connectivity index (χ2n) is 4.87. The molecule has 2 atom stereocenters. The van der Waals surface area contributed by atoms with Crippen LogP contribution in [0.4, 0.5) is 5.69 Å². The zero-order valence-corrected chi connectivity index (χ0v) is 10.7. The molecule has 1 fully saturated rings. The summed E-state index contributed by atoms with van der Waals surface area (Å²) >= 11 is 5.92. The number of aromatic nitrogens is 1. The molecule has 1 aliphatic carbocycles. The quantitative estimate of drug-likeness (QED) is 0.730. The van der Waals surface area contributed by atoms with Crippen molar-refractivity contribution in [1.29, 1.82) is 0 Å². The van der Waals surface area contributed by atoms with Gasteiger partial charge in [-0.1, -0.05) is 31.4 Å². The highest BCUT2D eigenvalue weighted by Crippen LogP contribution is 2.29. The fourth-order valence-corrected chi connectivity index (χ4v) is 2.74. The molecule has 0 aromatic carbocycles. The van der Waals surface area contributed by atoms with Gasteiger partial charge in [0.05, 0.1) is 0 Å². The summed E-state index contributed by atoms with van der Waals surface area (Å²) in [6.07, 6.45) is 7.08. The molecule has 2 unspecified atom stereocenters. The van der Waals surface area contributed by atoms with E-state index in [1.165, 1.54) is 31.4 Å². The third kappa shape index (κ3) is 2.67. The maximum atomic E-state index is 5.92. The number of hydrogen-bond donors (Lipinski definition) is 0. The molecule has 2 rings (SSSR count). The Labute approximate surface area is 103 Å². The van der Waals surface area contributed by atoms with Crippen molar-refractivity contribution in [3.63, 3.8) is 0 Å². The first-order chi connectivity index (χ1) is 7.66. The fraction of sp³-hybridized carbons (Fsp3) is 0.615. The summed E-state index contributed by atoms with van der Waals surface area (Å²) < 4.78 is 0. The van der Waals surface area contributed by atoms with Gasteiger partial charge in [0, 0.05) is 25.0 Å². The minimum atomic E-state index is 0.577. The molecule has 0 saturated heterocycles. The van der Waals surface area contributed by atoms with E-state index in [-0.39, 0.29) is 0 Å². The second kappa shape index (κ2) is 5.05. The molecule has 0 radical (unpaired) electrons. The second-order valence-corrected chi connectivity index (χ2v) is 5.26. The van der Waals surface area contributed by atoms with Crippen LogP contribution in [-0.4, -0.2) is 18.1 Å². The zero-order chi connectivity index (χ0) is 11.5. The van der Waals surface area contributed by atoms with E-state index in [1.807, 2.05) is 12.1 Å². The normalized spacial score (nSPS) is 25.4. The Morgan fingerprint density at radius 3 is 2.94 bits per heavy atom. The molecule has 0 amide bonds. The van der Waals surface area contributed by atoms with Gasteiger partial charge in [0.25, 0.3) is 0 Å². The molecule has 1 heterocycles. The molecule has 0 bridgehead atoms. The van der Waals surface area contributed by atoms with Crippen LogP contribution in [0.5, 0.6) is 0 Å². The van der Waals surface area contributed by atoms with Gasteiger partial charge in [-0.15, -0.1) is 0 Å². The molecule has 1 aromatic heterocycles. The number of rotatable bonds is 2. The van der Waals surface area contributed by atoms with Crippen molar-refractivity contribution in [3.05, 3.63) is 23.5 Å². The maximum Gasteiger partial charge on any atom is 0.131 e. The van der Waals surface area contributed by atoms with Crippen LogP contribution < -0.4 is 4.90 Å². The molecule has 0 aliphatic heterocycles. The summed E-state index contributed by atoms with van der Waals surface area (Å²) in [4.78, 5) is 6.37. The van der Waals surface area contributed by atoms with Gasteiger partial charge < -0.3 is 4.90 Å². The Morgan fingerprint density at radius 2 is 2.25 bits per heavy atom. The molecule has 3 heteroatoms. The van der Waals surface area contributed by atoms with Crippen molar-refractivity contribution < 1.29 is 0 Å². The van der Waals surface area contributed by atoms with Crippen LogP contribution in [0.25, 0.3) is 0 Å². The van der Waals surface area contributed by atoms with Crippen LogP contribution in [0, 0.1) is 5.92 Å². The van der Waals surface area contributed by atoms with Crippen LogP contribution in [0.1, 0.15) is 32.6 Å². The zero-order valence-electron chi connectivity index (χ0n) is 9.99. The standard InChI is InChI=1S/C13H19ClN2/c1-10-4-3-5-11(8-10)16(2)12-6-7-15-13(14)9-12/h6-7,9-11H,3-5,8H2,1-2H3. The largest absolute Gasteiger partial charge is 0.371 e. The molecule has 2 nitrogen and oxygen atoms in total. The van der Waals surface area contributed by atoms with Crippen LogP contribution in [-0.2, 0) is 0 Å². The lowest BCUT2D eigenvalue weighted by Crippen LogP contribution is -2.35. The van der Waals surface area contributed by atoms with Crippen molar-refractivity contribution >= 4 is 17.3 Å². The average Bonchev–Trinajstić information content (AvgIpc) is 2.28. The summed E-state index contributed by atoms with van der Waals surface area (Å²) in [6.45, 7) is 2.35. The monoisotopic (exact) mass is 238 g/mol. The Hall–Kier alpha value is -0.760. The molecular weight excluding hydrogens is 220 g/mol. The minimum Gasteiger partial charge on any atom is -0.371 e. The van der Waals surface area contributed by atoms with E-state index in [0.717, 1.165) is 5.92 Å². The van der Waals surface area contributed by atoms with Crippen molar-refractivity contribution in [1.82, 2.24) is 4.98 Å². The Bertz CT molecular complexity index is 354. The lowest BCUT2D eigenvalue weighted by atomic mass is 9.86. The van der Waals surface area contributed by atoms with E-state index in [9.17, 15) is 0 Å². The first kappa shape index (κ1) is 11.7. The molecule has 0 N–H and O–H groups in total. The SMILES string of the molecule is CC1CCCC(N(C)c2ccnc(Cl)c2)C1. The summed E-state index contributed by atoms with van der Waals surface area (Å²) in [6, 6.07) is 4.63. The molecule has 1 aromatic rings. The summed E-state index contributed by atoms with van der Waals surface area (Å²) in [7, 11) is 2.16. The molecule has 1 saturated carbocycles. The van der Waals surface area contributed by atoms with Gasteiger partial charge in [-0.25, -0.2) is 4.98 Å². The van der Waals surface area contributed by atoms with Gasteiger partial charge in [0.1, 0.15) is 5.15 Å². The summed E-state index contributed by atoms with van der Waals surface area (Å²) in [5.74, 6) is 0.846. The highest BCUT2D eigenvalue weighted by molar-refractivity contribution is 6.29. The third-order valence-electron chi connectivity index (χ3n) is 3.57. The minimum absolute atomic E-state index is 0.577. The molecule has 0 spiro atoms. The van der Waals surface area contributed by atoms with E-state index in [4.69, 9.17) is 11.6 Å². The van der Waals surface area contributed by atoms with Gasteiger partial charge in [0.15, 0.2) is 0 Å². The van der Waals surface area contributed by atoms with E-state index >= 15 is 0 Å². The topological polar surface area (TPSA) is 16.1 Å². The Balaban J connectivity index is 2.09. The Morgan fingerprint density at radius 1 is 1.44 bits per heavy atom. The number of anilines is 1. The van der Waals surface area contributed by atoms with Crippen LogP contribution in [0.2, 0.25) is 5.15 Å². The van der Waals surface area contributed by atoms with Crippen LogP contribution in [0.15, 0.2) is 18.3 Å². The number of pyridine rings is 1. The molecule has 1 aliphatic rings. The number of nitrogens with zero attached hydrogens (tertiary/aromatic N) is 2. The highest BCUT2D eigenvalue weighted by Gasteiger charge is 2.22. The van der Waals surface area contributed by atoms with E-state index in [1.54, 1.807) is 6.20 Å². The van der Waals surface area contributed by atoms with E-state index in [0.29, 0.717) is 11.2 Å². The molecular formula is C13H19ClN2. The summed E-state index contributed by atoms with van der Waals surface area (Å²) in [5.41, 5.74) is 1.18.